The van der Waals surface area contributed by atoms with Gasteiger partial charge in [-0.25, -0.2) is 0 Å². The minimum atomic E-state index is 0.309. The van der Waals surface area contributed by atoms with Crippen LogP contribution in [-0.4, -0.2) is 16.8 Å². The van der Waals surface area contributed by atoms with Crippen molar-refractivity contribution in [1.29, 1.82) is 0 Å². The Bertz CT molecular complexity index is 352. The Morgan fingerprint density at radius 1 is 1.50 bits per heavy atom. The number of hydrogen-bond donors (Lipinski definition) is 0. The summed E-state index contributed by atoms with van der Waals surface area (Å²) >= 11 is 5.16. The zero-order valence-electron chi connectivity index (χ0n) is 9.70. The molecule has 0 bridgehead atoms. The van der Waals surface area contributed by atoms with Crippen LogP contribution in [0.2, 0.25) is 0 Å². The van der Waals surface area contributed by atoms with Gasteiger partial charge >= 0.3 is 0 Å². The molecular formula is C13H17BrOS. The van der Waals surface area contributed by atoms with Gasteiger partial charge in [0.15, 0.2) is 0 Å². The van der Waals surface area contributed by atoms with Crippen molar-refractivity contribution in [3.63, 3.8) is 0 Å². The van der Waals surface area contributed by atoms with E-state index in [0.29, 0.717) is 23.2 Å². The van der Waals surface area contributed by atoms with Crippen LogP contribution in [0.1, 0.15) is 25.8 Å². The van der Waals surface area contributed by atoms with Gasteiger partial charge in [0.1, 0.15) is 5.78 Å². The van der Waals surface area contributed by atoms with Gasteiger partial charge in [0.05, 0.1) is 5.75 Å². The van der Waals surface area contributed by atoms with E-state index in [-0.39, 0.29) is 0 Å². The van der Waals surface area contributed by atoms with Crippen molar-refractivity contribution in [2.24, 2.45) is 0 Å². The van der Waals surface area contributed by atoms with Gasteiger partial charge in [-0.05, 0) is 24.1 Å². The molecule has 0 N–H and O–H groups in total. The van der Waals surface area contributed by atoms with E-state index in [1.807, 2.05) is 24.3 Å². The van der Waals surface area contributed by atoms with E-state index >= 15 is 0 Å². The number of hydrogen-bond acceptors (Lipinski definition) is 2. The van der Waals surface area contributed by atoms with Crippen molar-refractivity contribution in [2.75, 3.05) is 5.75 Å². The molecule has 0 heterocycles. The van der Waals surface area contributed by atoms with Crippen LogP contribution in [0.5, 0.6) is 0 Å². The molecule has 88 valence electrons. The van der Waals surface area contributed by atoms with Crippen LogP contribution in [0, 0.1) is 0 Å². The summed E-state index contributed by atoms with van der Waals surface area (Å²) in [5, 5.41) is 0.575. The molecule has 1 aromatic rings. The van der Waals surface area contributed by atoms with Gasteiger partial charge in [0, 0.05) is 16.1 Å². The van der Waals surface area contributed by atoms with E-state index in [4.69, 9.17) is 0 Å². The zero-order chi connectivity index (χ0) is 12.0. The van der Waals surface area contributed by atoms with Crippen molar-refractivity contribution in [3.8, 4) is 0 Å². The van der Waals surface area contributed by atoms with E-state index in [1.54, 1.807) is 11.8 Å². The van der Waals surface area contributed by atoms with Gasteiger partial charge in [-0.15, -0.1) is 0 Å². The van der Waals surface area contributed by atoms with Crippen molar-refractivity contribution in [1.82, 2.24) is 0 Å². The van der Waals surface area contributed by atoms with Crippen molar-refractivity contribution in [3.05, 3.63) is 34.3 Å². The Hall–Kier alpha value is -0.280. The summed E-state index contributed by atoms with van der Waals surface area (Å²) in [5.74, 6) is 0.935. The second-order valence-corrected chi connectivity index (χ2v) is 6.22. The van der Waals surface area contributed by atoms with Gasteiger partial charge in [-0.2, -0.15) is 11.8 Å². The van der Waals surface area contributed by atoms with E-state index in [0.717, 1.165) is 16.5 Å². The Balaban J connectivity index is 2.40. The first-order valence-corrected chi connectivity index (χ1v) is 7.33. The quantitative estimate of drug-likeness (QED) is 0.787. The van der Waals surface area contributed by atoms with Crippen molar-refractivity contribution < 1.29 is 4.79 Å². The molecule has 0 saturated heterocycles. The minimum absolute atomic E-state index is 0.309. The summed E-state index contributed by atoms with van der Waals surface area (Å²) in [5.41, 5.74) is 1.09. The fourth-order valence-electron chi connectivity index (χ4n) is 1.28. The summed E-state index contributed by atoms with van der Waals surface area (Å²) in [6.45, 7) is 4.31. The highest BCUT2D eigenvalue weighted by atomic mass is 79.9. The molecule has 3 heteroatoms. The van der Waals surface area contributed by atoms with Gasteiger partial charge in [0.2, 0.25) is 0 Å². The average Bonchev–Trinajstić information content (AvgIpc) is 2.26. The summed E-state index contributed by atoms with van der Waals surface area (Å²) in [6.07, 6.45) is 1.66. The normalized spacial score (nSPS) is 12.4. The van der Waals surface area contributed by atoms with Crippen molar-refractivity contribution >= 4 is 33.5 Å². The van der Waals surface area contributed by atoms with Crippen LogP contribution in [0.25, 0.3) is 0 Å². The Morgan fingerprint density at radius 2 is 2.25 bits per heavy atom. The largest absolute Gasteiger partial charge is 0.298 e. The first kappa shape index (κ1) is 13.8. The smallest absolute Gasteiger partial charge is 0.147 e. The lowest BCUT2D eigenvalue weighted by atomic mass is 10.1. The third-order valence-electron chi connectivity index (χ3n) is 2.39. The minimum Gasteiger partial charge on any atom is -0.298 e. The van der Waals surface area contributed by atoms with Crippen LogP contribution < -0.4 is 0 Å². The molecule has 0 spiro atoms. The molecular weight excluding hydrogens is 284 g/mol. The summed E-state index contributed by atoms with van der Waals surface area (Å²) in [4.78, 5) is 11.7. The molecule has 0 fully saturated rings. The molecule has 0 aliphatic heterocycles. The highest BCUT2D eigenvalue weighted by Crippen LogP contribution is 2.16. The predicted molar refractivity (Wildman–Crippen MR) is 75.1 cm³/mol. The number of thioether (sulfide) groups is 1. The maximum atomic E-state index is 11.7. The van der Waals surface area contributed by atoms with Crippen LogP contribution in [0.15, 0.2) is 28.7 Å². The molecule has 1 nitrogen and oxygen atoms in total. The molecule has 1 aromatic carbocycles. The van der Waals surface area contributed by atoms with E-state index in [1.165, 1.54) is 0 Å². The Morgan fingerprint density at radius 3 is 2.88 bits per heavy atom. The molecule has 1 atom stereocenters. The fourth-order valence-corrected chi connectivity index (χ4v) is 2.53. The molecule has 0 aromatic heterocycles. The van der Waals surface area contributed by atoms with Crippen LogP contribution in [0.3, 0.4) is 0 Å². The second-order valence-electron chi connectivity index (χ2n) is 3.88. The van der Waals surface area contributed by atoms with Crippen LogP contribution in [-0.2, 0) is 11.2 Å². The molecule has 0 aliphatic carbocycles. The SMILES string of the molecule is CCC(C)SCC(=O)Cc1cccc(Br)c1. The standard InChI is InChI=1S/C13H17BrOS/c1-3-10(2)16-9-13(15)8-11-5-4-6-12(14)7-11/h4-7,10H,3,8-9H2,1-2H3. The van der Waals surface area contributed by atoms with Crippen molar-refractivity contribution in [2.45, 2.75) is 31.9 Å². The van der Waals surface area contributed by atoms with Gasteiger partial charge < -0.3 is 0 Å². The van der Waals surface area contributed by atoms with E-state index in [9.17, 15) is 4.79 Å². The second kappa shape index (κ2) is 7.13. The number of carbonyl (C=O) groups excluding carboxylic acids is 1. The Labute approximate surface area is 110 Å². The summed E-state index contributed by atoms with van der Waals surface area (Å²) in [6, 6.07) is 7.94. The molecule has 1 unspecified atom stereocenters. The topological polar surface area (TPSA) is 17.1 Å². The Kier molecular flexibility index (Phi) is 6.14. The highest BCUT2D eigenvalue weighted by molar-refractivity contribution is 9.10. The van der Waals surface area contributed by atoms with E-state index < -0.39 is 0 Å². The van der Waals surface area contributed by atoms with Gasteiger partial charge in [-0.1, -0.05) is 41.9 Å². The van der Waals surface area contributed by atoms with Gasteiger partial charge in [0.25, 0.3) is 0 Å². The number of Topliss-reactive ketones (excluding diaryl/α,β-unsaturated/α-hetero) is 1. The number of rotatable bonds is 6. The molecule has 0 saturated carbocycles. The molecule has 0 amide bonds. The highest BCUT2D eigenvalue weighted by Gasteiger charge is 2.07. The van der Waals surface area contributed by atoms with Crippen LogP contribution in [0.4, 0.5) is 0 Å². The zero-order valence-corrected chi connectivity index (χ0v) is 12.1. The number of carbonyl (C=O) groups is 1. The number of halogens is 1. The fraction of sp³-hybridized carbons (Fsp3) is 0.462. The molecule has 0 aliphatic rings. The maximum absolute atomic E-state index is 11.7. The lowest BCUT2D eigenvalue weighted by molar-refractivity contribution is -0.116. The number of benzene rings is 1. The third-order valence-corrected chi connectivity index (χ3v) is 4.28. The first-order chi connectivity index (χ1) is 7.61. The lowest BCUT2D eigenvalue weighted by Crippen LogP contribution is -2.08. The predicted octanol–water partition coefficient (Wildman–Crippen LogP) is 4.09. The maximum Gasteiger partial charge on any atom is 0.147 e. The number of ketones is 1. The van der Waals surface area contributed by atoms with E-state index in [2.05, 4.69) is 29.8 Å². The molecule has 16 heavy (non-hydrogen) atoms. The molecule has 1 rings (SSSR count). The monoisotopic (exact) mass is 300 g/mol. The van der Waals surface area contributed by atoms with Crippen LogP contribution >= 0.6 is 27.7 Å². The lowest BCUT2D eigenvalue weighted by Gasteiger charge is -2.07. The summed E-state index contributed by atoms with van der Waals surface area (Å²) in [7, 11) is 0. The first-order valence-electron chi connectivity index (χ1n) is 5.49. The molecule has 0 radical (unpaired) electrons. The summed E-state index contributed by atoms with van der Waals surface area (Å²) < 4.78 is 1.03. The van der Waals surface area contributed by atoms with Gasteiger partial charge in [-0.3, -0.25) is 4.79 Å². The average molecular weight is 301 g/mol. The third kappa shape index (κ3) is 5.17.